The van der Waals surface area contributed by atoms with Crippen LogP contribution >= 0.6 is 38.5 Å². The van der Waals surface area contributed by atoms with Crippen LogP contribution in [0.15, 0.2) is 106 Å². The summed E-state index contributed by atoms with van der Waals surface area (Å²) in [6.07, 6.45) is -0.347. The van der Waals surface area contributed by atoms with Gasteiger partial charge < -0.3 is 10.4 Å². The van der Waals surface area contributed by atoms with Crippen LogP contribution in [0.25, 0.3) is 11.1 Å². The number of hydrogen-bond acceptors (Lipinski definition) is 4. The topological polar surface area (TPSA) is 113 Å². The Morgan fingerprint density at radius 1 is 0.868 bits per heavy atom. The number of aliphatic carboxylic acids is 1. The lowest BCUT2D eigenvalue weighted by Gasteiger charge is -2.20. The van der Waals surface area contributed by atoms with Gasteiger partial charge in [0.15, 0.2) is 0 Å². The lowest BCUT2D eigenvalue weighted by Crippen LogP contribution is -2.31. The molecule has 0 aromatic heterocycles. The van der Waals surface area contributed by atoms with Gasteiger partial charge in [0.1, 0.15) is 0 Å². The molecule has 4 aromatic rings. The molecule has 0 radical (unpaired) electrons. The molecule has 7 nitrogen and oxygen atoms in total. The van der Waals surface area contributed by atoms with E-state index in [0.717, 1.165) is 15.6 Å². The van der Waals surface area contributed by atoms with Gasteiger partial charge in [-0.25, -0.2) is 8.42 Å². The van der Waals surface area contributed by atoms with E-state index in [4.69, 9.17) is 0 Å². The third-order valence-electron chi connectivity index (χ3n) is 5.70. The van der Waals surface area contributed by atoms with Gasteiger partial charge in [-0.2, -0.15) is 0 Å². The minimum Gasteiger partial charge on any atom is -0.481 e. The van der Waals surface area contributed by atoms with E-state index in [-0.39, 0.29) is 22.6 Å². The maximum Gasteiger partial charge on any atom is 0.305 e. The molecular formula is C28H22BrIN2O5S. The summed E-state index contributed by atoms with van der Waals surface area (Å²) in [5, 5.41) is 12.3. The van der Waals surface area contributed by atoms with Crippen molar-refractivity contribution in [2.45, 2.75) is 17.4 Å². The molecule has 194 valence electrons. The molecule has 1 amide bonds. The Hall–Kier alpha value is -3.22. The molecule has 10 heteroatoms. The van der Waals surface area contributed by atoms with E-state index in [2.05, 4.69) is 26.0 Å². The maximum atomic E-state index is 13.4. The Balaban J connectivity index is 1.61. The van der Waals surface area contributed by atoms with E-state index in [1.165, 1.54) is 18.2 Å². The van der Waals surface area contributed by atoms with E-state index in [1.54, 1.807) is 36.4 Å². The molecule has 4 aromatic carbocycles. The number of halogens is 2. The smallest absolute Gasteiger partial charge is 0.305 e. The predicted octanol–water partition coefficient (Wildman–Crippen LogP) is 6.47. The zero-order valence-corrected chi connectivity index (χ0v) is 24.3. The quantitative estimate of drug-likeness (QED) is 0.173. The van der Waals surface area contributed by atoms with E-state index in [0.29, 0.717) is 9.13 Å². The van der Waals surface area contributed by atoms with Crippen molar-refractivity contribution in [2.24, 2.45) is 0 Å². The number of amides is 1. The number of hydrogen-bond donors (Lipinski definition) is 3. The predicted molar refractivity (Wildman–Crippen MR) is 158 cm³/mol. The number of anilines is 1. The fourth-order valence-electron chi connectivity index (χ4n) is 3.81. The Labute approximate surface area is 242 Å². The first-order chi connectivity index (χ1) is 18.1. The zero-order valence-electron chi connectivity index (χ0n) is 19.8. The Morgan fingerprint density at radius 2 is 1.50 bits per heavy atom. The Bertz CT molecular complexity index is 1560. The van der Waals surface area contributed by atoms with Crippen molar-refractivity contribution in [3.63, 3.8) is 0 Å². The van der Waals surface area contributed by atoms with Gasteiger partial charge in [0, 0.05) is 8.04 Å². The number of carboxylic acids is 1. The van der Waals surface area contributed by atoms with Crippen LogP contribution in [0.2, 0.25) is 0 Å². The van der Waals surface area contributed by atoms with Gasteiger partial charge in [-0.3, -0.25) is 14.3 Å². The van der Waals surface area contributed by atoms with Crippen LogP contribution in [0.3, 0.4) is 0 Å². The highest BCUT2D eigenvalue weighted by Crippen LogP contribution is 2.27. The SMILES string of the molecule is O=C(O)CC(NC(=O)c1cc(I)ccc1NS(=O)(=O)c1ccc(Br)cc1)c1ccc(-c2ccccc2)cc1. The van der Waals surface area contributed by atoms with Gasteiger partial charge in [-0.1, -0.05) is 70.5 Å². The van der Waals surface area contributed by atoms with Crippen molar-refractivity contribution in [2.75, 3.05) is 4.72 Å². The lowest BCUT2D eigenvalue weighted by atomic mass is 9.98. The second-order valence-electron chi connectivity index (χ2n) is 8.36. The second kappa shape index (κ2) is 12.1. The summed E-state index contributed by atoms with van der Waals surface area (Å²) in [4.78, 5) is 25.1. The monoisotopic (exact) mass is 704 g/mol. The average molecular weight is 705 g/mol. The second-order valence-corrected chi connectivity index (χ2v) is 12.2. The molecule has 0 spiro atoms. The number of carboxylic acid groups (broad SMARTS) is 1. The van der Waals surface area contributed by atoms with E-state index >= 15 is 0 Å². The molecular weight excluding hydrogens is 683 g/mol. The molecule has 4 rings (SSSR count). The molecule has 0 bridgehead atoms. The highest BCUT2D eigenvalue weighted by Gasteiger charge is 2.23. The average Bonchev–Trinajstić information content (AvgIpc) is 2.90. The van der Waals surface area contributed by atoms with Crippen molar-refractivity contribution in [3.8, 4) is 11.1 Å². The standard InChI is InChI=1S/C28H22BrIN2O5S/c29-21-10-13-23(14-11-21)38(36,37)32-25-15-12-22(30)16-24(25)28(35)31-26(17-27(33)34)20-8-6-19(7-9-20)18-4-2-1-3-5-18/h1-16,26,32H,17H2,(H,31,35)(H,33,34). The summed E-state index contributed by atoms with van der Waals surface area (Å²) in [7, 11) is -3.98. The first kappa shape index (κ1) is 27.8. The number of rotatable bonds is 9. The molecule has 0 saturated carbocycles. The van der Waals surface area contributed by atoms with Crippen LogP contribution < -0.4 is 10.0 Å². The zero-order chi connectivity index (χ0) is 27.3. The maximum absolute atomic E-state index is 13.4. The normalized spacial score (nSPS) is 11.9. The van der Waals surface area contributed by atoms with Gasteiger partial charge in [0.25, 0.3) is 15.9 Å². The molecule has 0 aliphatic rings. The minimum atomic E-state index is -3.98. The fourth-order valence-corrected chi connectivity index (χ4v) is 5.65. The Morgan fingerprint density at radius 3 is 2.13 bits per heavy atom. The highest BCUT2D eigenvalue weighted by molar-refractivity contribution is 14.1. The summed E-state index contributed by atoms with van der Waals surface area (Å²) in [6.45, 7) is 0. The molecule has 1 atom stereocenters. The summed E-state index contributed by atoms with van der Waals surface area (Å²) >= 11 is 5.31. The molecule has 0 fully saturated rings. The van der Waals surface area contributed by atoms with Gasteiger partial charge in [-0.05, 0) is 81.7 Å². The van der Waals surface area contributed by atoms with E-state index < -0.39 is 27.9 Å². The number of carbonyl (C=O) groups excluding carboxylic acids is 1. The number of carbonyl (C=O) groups is 2. The molecule has 0 heterocycles. The van der Waals surface area contributed by atoms with Gasteiger partial charge in [-0.15, -0.1) is 0 Å². The van der Waals surface area contributed by atoms with Crippen LogP contribution in [-0.2, 0) is 14.8 Å². The summed E-state index contributed by atoms with van der Waals surface area (Å²) in [5.74, 6) is -1.68. The molecule has 1 unspecified atom stereocenters. The Kier molecular flexibility index (Phi) is 8.85. The number of benzene rings is 4. The molecule has 3 N–H and O–H groups in total. The number of nitrogens with one attached hydrogen (secondary N) is 2. The van der Waals surface area contributed by atoms with Crippen LogP contribution in [0, 0.1) is 3.57 Å². The van der Waals surface area contributed by atoms with Crippen LogP contribution in [0.1, 0.15) is 28.4 Å². The molecule has 0 aliphatic heterocycles. The minimum absolute atomic E-state index is 0.0351. The van der Waals surface area contributed by atoms with Crippen LogP contribution in [0.4, 0.5) is 5.69 Å². The van der Waals surface area contributed by atoms with E-state index in [9.17, 15) is 23.1 Å². The first-order valence-corrected chi connectivity index (χ1v) is 14.7. The van der Waals surface area contributed by atoms with E-state index in [1.807, 2.05) is 65.1 Å². The van der Waals surface area contributed by atoms with Crippen molar-refractivity contribution >= 4 is 66.1 Å². The van der Waals surface area contributed by atoms with Gasteiger partial charge in [0.2, 0.25) is 0 Å². The van der Waals surface area contributed by atoms with Crippen molar-refractivity contribution < 1.29 is 23.1 Å². The summed E-state index contributed by atoms with van der Waals surface area (Å²) < 4.78 is 29.9. The van der Waals surface area contributed by atoms with Gasteiger partial charge in [0.05, 0.1) is 28.6 Å². The van der Waals surface area contributed by atoms with Crippen molar-refractivity contribution in [1.29, 1.82) is 0 Å². The highest BCUT2D eigenvalue weighted by atomic mass is 127. The van der Waals surface area contributed by atoms with Crippen molar-refractivity contribution in [1.82, 2.24) is 5.32 Å². The van der Waals surface area contributed by atoms with Crippen LogP contribution in [0.5, 0.6) is 0 Å². The van der Waals surface area contributed by atoms with Crippen LogP contribution in [-0.4, -0.2) is 25.4 Å². The van der Waals surface area contributed by atoms with Gasteiger partial charge >= 0.3 is 5.97 Å². The summed E-state index contributed by atoms with van der Waals surface area (Å²) in [6, 6.07) is 27.0. The summed E-state index contributed by atoms with van der Waals surface area (Å²) in [5.41, 5.74) is 2.74. The third kappa shape index (κ3) is 7.00. The van der Waals surface area contributed by atoms with Crippen molar-refractivity contribution in [3.05, 3.63) is 116 Å². The number of sulfonamides is 1. The third-order valence-corrected chi connectivity index (χ3v) is 8.28. The first-order valence-electron chi connectivity index (χ1n) is 11.4. The lowest BCUT2D eigenvalue weighted by molar-refractivity contribution is -0.137. The molecule has 38 heavy (non-hydrogen) atoms. The fraction of sp³-hybridized carbons (Fsp3) is 0.0714. The molecule has 0 aliphatic carbocycles. The molecule has 0 saturated heterocycles. The largest absolute Gasteiger partial charge is 0.481 e.